The lowest BCUT2D eigenvalue weighted by Crippen LogP contribution is -2.49. The van der Waals surface area contributed by atoms with Crippen LogP contribution in [0.3, 0.4) is 0 Å². The summed E-state index contributed by atoms with van der Waals surface area (Å²) < 4.78 is 2.74. The summed E-state index contributed by atoms with van der Waals surface area (Å²) in [5, 5.41) is 5.81. The smallest absolute Gasteiger partial charge is 0.272 e. The fourth-order valence-corrected chi connectivity index (χ4v) is 4.46. The first kappa shape index (κ1) is 16.4. The van der Waals surface area contributed by atoms with Crippen molar-refractivity contribution in [2.75, 3.05) is 31.1 Å². The molecule has 130 valence electrons. The van der Waals surface area contributed by atoms with Gasteiger partial charge >= 0.3 is 0 Å². The van der Waals surface area contributed by atoms with Gasteiger partial charge in [0.15, 0.2) is 5.13 Å². The van der Waals surface area contributed by atoms with Crippen molar-refractivity contribution in [1.29, 1.82) is 0 Å². The number of aryl methyl sites for hydroxylation is 2. The summed E-state index contributed by atoms with van der Waals surface area (Å²) >= 11 is 7.87. The molecule has 4 rings (SSSR count). The van der Waals surface area contributed by atoms with Crippen molar-refractivity contribution >= 4 is 44.2 Å². The number of rotatable bonds is 2. The molecule has 1 aromatic carbocycles. The Morgan fingerprint density at radius 1 is 1.24 bits per heavy atom. The predicted octanol–water partition coefficient (Wildman–Crippen LogP) is 2.95. The van der Waals surface area contributed by atoms with Gasteiger partial charge in [-0.25, -0.2) is 4.98 Å². The van der Waals surface area contributed by atoms with Crippen molar-refractivity contribution in [3.63, 3.8) is 0 Å². The number of benzene rings is 1. The maximum Gasteiger partial charge on any atom is 0.272 e. The van der Waals surface area contributed by atoms with Crippen LogP contribution in [0.25, 0.3) is 10.2 Å². The summed E-state index contributed by atoms with van der Waals surface area (Å²) in [4.78, 5) is 21.5. The highest BCUT2D eigenvalue weighted by atomic mass is 35.5. The van der Waals surface area contributed by atoms with E-state index in [-0.39, 0.29) is 5.91 Å². The van der Waals surface area contributed by atoms with Crippen LogP contribution in [0, 0.1) is 6.92 Å². The molecule has 0 N–H and O–H groups in total. The number of aromatic nitrogens is 3. The second-order valence-corrected chi connectivity index (χ2v) is 7.58. The number of para-hydroxylation sites is 1. The van der Waals surface area contributed by atoms with Gasteiger partial charge in [0.25, 0.3) is 5.91 Å². The van der Waals surface area contributed by atoms with E-state index in [1.165, 1.54) is 0 Å². The SMILES string of the molecule is Cc1cnn(C)c1C(=O)N1CCN(c2nc3c(Cl)cccc3s2)CC1. The number of thiazole rings is 1. The number of nitrogens with zero attached hydrogens (tertiary/aromatic N) is 5. The van der Waals surface area contributed by atoms with E-state index in [4.69, 9.17) is 11.6 Å². The first-order chi connectivity index (χ1) is 12.0. The third kappa shape index (κ3) is 2.87. The molecule has 6 nitrogen and oxygen atoms in total. The number of fused-ring (bicyclic) bond motifs is 1. The number of carbonyl (C=O) groups excluding carboxylic acids is 1. The van der Waals surface area contributed by atoms with Crippen molar-refractivity contribution in [3.8, 4) is 0 Å². The number of amides is 1. The van der Waals surface area contributed by atoms with Crippen molar-refractivity contribution in [3.05, 3.63) is 40.7 Å². The summed E-state index contributed by atoms with van der Waals surface area (Å²) in [7, 11) is 1.81. The second-order valence-electron chi connectivity index (χ2n) is 6.16. The highest BCUT2D eigenvalue weighted by molar-refractivity contribution is 7.22. The number of anilines is 1. The zero-order valence-electron chi connectivity index (χ0n) is 14.1. The van der Waals surface area contributed by atoms with E-state index in [0.29, 0.717) is 23.8 Å². The Morgan fingerprint density at radius 3 is 2.64 bits per heavy atom. The minimum absolute atomic E-state index is 0.0458. The summed E-state index contributed by atoms with van der Waals surface area (Å²) in [5.74, 6) is 0.0458. The molecular formula is C17H18ClN5OS. The van der Waals surface area contributed by atoms with Gasteiger partial charge < -0.3 is 9.80 Å². The molecule has 2 aromatic heterocycles. The largest absolute Gasteiger partial charge is 0.345 e. The number of hydrogen-bond donors (Lipinski definition) is 0. The van der Waals surface area contributed by atoms with Crippen LogP contribution in [0.5, 0.6) is 0 Å². The number of hydrogen-bond acceptors (Lipinski definition) is 5. The summed E-state index contributed by atoms with van der Waals surface area (Å²) in [6.07, 6.45) is 1.73. The molecule has 0 spiro atoms. The Hall–Kier alpha value is -2.12. The number of carbonyl (C=O) groups is 1. The third-order valence-corrected chi connectivity index (χ3v) is 5.91. The Labute approximate surface area is 154 Å². The monoisotopic (exact) mass is 375 g/mol. The predicted molar refractivity (Wildman–Crippen MR) is 101 cm³/mol. The Balaban J connectivity index is 1.49. The molecule has 8 heteroatoms. The first-order valence-corrected chi connectivity index (χ1v) is 9.32. The highest BCUT2D eigenvalue weighted by Crippen LogP contribution is 2.33. The van der Waals surface area contributed by atoms with Gasteiger partial charge in [-0.05, 0) is 24.6 Å². The van der Waals surface area contributed by atoms with Crippen LogP contribution in [-0.4, -0.2) is 51.8 Å². The lowest BCUT2D eigenvalue weighted by atomic mass is 10.2. The zero-order valence-corrected chi connectivity index (χ0v) is 15.6. The molecule has 0 aliphatic carbocycles. The third-order valence-electron chi connectivity index (χ3n) is 4.52. The van der Waals surface area contributed by atoms with Crippen molar-refractivity contribution < 1.29 is 4.79 Å². The molecule has 3 aromatic rings. The normalized spacial score (nSPS) is 15.2. The molecule has 0 radical (unpaired) electrons. The fraction of sp³-hybridized carbons (Fsp3) is 0.353. The van der Waals surface area contributed by atoms with Crippen LogP contribution >= 0.6 is 22.9 Å². The van der Waals surface area contributed by atoms with Crippen molar-refractivity contribution in [1.82, 2.24) is 19.7 Å². The summed E-state index contributed by atoms with van der Waals surface area (Å²) in [6.45, 7) is 4.79. The van der Waals surface area contributed by atoms with Gasteiger partial charge in [0.2, 0.25) is 0 Å². The lowest BCUT2D eigenvalue weighted by molar-refractivity contribution is 0.0735. The summed E-state index contributed by atoms with van der Waals surface area (Å²) in [5.41, 5.74) is 2.43. The average molecular weight is 376 g/mol. The first-order valence-electron chi connectivity index (χ1n) is 8.12. The summed E-state index contributed by atoms with van der Waals surface area (Å²) in [6, 6.07) is 5.84. The molecule has 1 saturated heterocycles. The molecule has 0 atom stereocenters. The van der Waals surface area contributed by atoms with E-state index in [9.17, 15) is 4.79 Å². The van der Waals surface area contributed by atoms with E-state index in [1.54, 1.807) is 29.3 Å². The molecule has 25 heavy (non-hydrogen) atoms. The van der Waals surface area contributed by atoms with Gasteiger partial charge in [0.1, 0.15) is 11.2 Å². The van der Waals surface area contributed by atoms with Gasteiger partial charge in [-0.3, -0.25) is 9.48 Å². The van der Waals surface area contributed by atoms with Gasteiger partial charge in [-0.15, -0.1) is 0 Å². The molecule has 1 fully saturated rings. The number of piperazine rings is 1. The topological polar surface area (TPSA) is 54.3 Å². The van der Waals surface area contributed by atoms with Crippen LogP contribution in [0.2, 0.25) is 5.02 Å². The number of halogens is 1. The molecule has 0 bridgehead atoms. The standard InChI is InChI=1S/C17H18ClN5OS/c1-11-10-19-21(2)15(11)16(24)22-6-8-23(9-7-22)17-20-14-12(18)4-3-5-13(14)25-17/h3-5,10H,6-9H2,1-2H3. The Morgan fingerprint density at radius 2 is 2.00 bits per heavy atom. The lowest BCUT2D eigenvalue weighted by Gasteiger charge is -2.34. The molecular weight excluding hydrogens is 358 g/mol. The van der Waals surface area contributed by atoms with Crippen LogP contribution in [0.15, 0.2) is 24.4 Å². The fourth-order valence-electron chi connectivity index (χ4n) is 3.14. The highest BCUT2D eigenvalue weighted by Gasteiger charge is 2.26. The second kappa shape index (κ2) is 6.31. The molecule has 1 amide bonds. The van der Waals surface area contributed by atoms with Crippen LogP contribution in [0.1, 0.15) is 16.1 Å². The Bertz CT molecular complexity index is 922. The average Bonchev–Trinajstić information content (AvgIpc) is 3.19. The molecule has 0 unspecified atom stereocenters. The minimum Gasteiger partial charge on any atom is -0.345 e. The van der Waals surface area contributed by atoms with E-state index in [2.05, 4.69) is 15.0 Å². The Kier molecular flexibility index (Phi) is 4.13. The van der Waals surface area contributed by atoms with E-state index < -0.39 is 0 Å². The molecule has 3 heterocycles. The molecule has 0 saturated carbocycles. The van der Waals surface area contributed by atoms with Crippen LogP contribution in [-0.2, 0) is 7.05 Å². The van der Waals surface area contributed by atoms with E-state index in [0.717, 1.165) is 34.0 Å². The van der Waals surface area contributed by atoms with Crippen LogP contribution in [0.4, 0.5) is 5.13 Å². The maximum absolute atomic E-state index is 12.7. The molecule has 1 aliphatic heterocycles. The molecule has 1 aliphatic rings. The zero-order chi connectivity index (χ0) is 17.6. The van der Waals surface area contributed by atoms with E-state index in [1.807, 2.05) is 30.0 Å². The maximum atomic E-state index is 12.7. The van der Waals surface area contributed by atoms with Crippen LogP contribution < -0.4 is 4.90 Å². The van der Waals surface area contributed by atoms with Crippen molar-refractivity contribution in [2.45, 2.75) is 6.92 Å². The minimum atomic E-state index is 0.0458. The van der Waals surface area contributed by atoms with Gasteiger partial charge in [-0.2, -0.15) is 5.10 Å². The van der Waals surface area contributed by atoms with Gasteiger partial charge in [0.05, 0.1) is 15.9 Å². The van der Waals surface area contributed by atoms with Gasteiger partial charge in [-0.1, -0.05) is 29.0 Å². The van der Waals surface area contributed by atoms with E-state index >= 15 is 0 Å². The van der Waals surface area contributed by atoms with Gasteiger partial charge in [0, 0.05) is 33.2 Å². The quantitative estimate of drug-likeness (QED) is 0.691. The van der Waals surface area contributed by atoms with Crippen molar-refractivity contribution in [2.24, 2.45) is 7.05 Å².